The fourth-order valence-corrected chi connectivity index (χ4v) is 10.7. The van der Waals surface area contributed by atoms with Gasteiger partial charge in [0.25, 0.3) is 0 Å². The summed E-state index contributed by atoms with van der Waals surface area (Å²) in [7, 11) is 1.30. The van der Waals surface area contributed by atoms with E-state index in [9.17, 15) is 0 Å². The fraction of sp³-hybridized carbons (Fsp3) is 0.404. The van der Waals surface area contributed by atoms with Gasteiger partial charge in [-0.1, -0.05) is 167 Å². The molecule has 1 aromatic rings. The summed E-state index contributed by atoms with van der Waals surface area (Å²) >= 11 is 0. The summed E-state index contributed by atoms with van der Waals surface area (Å²) in [5.74, 6) is 3.97. The Kier molecular flexibility index (Phi) is 14.2. The highest BCUT2D eigenvalue weighted by atomic mass is 15.2. The van der Waals surface area contributed by atoms with Gasteiger partial charge in [-0.05, 0) is 147 Å². The second-order valence-electron chi connectivity index (χ2n) is 18.5. The van der Waals surface area contributed by atoms with Crippen LogP contribution in [0, 0.1) is 35.5 Å². The monoisotopic (exact) mass is 780 g/mol. The maximum atomic E-state index is 3.83. The van der Waals surface area contributed by atoms with E-state index in [2.05, 4.69) is 175 Å². The van der Waals surface area contributed by atoms with Gasteiger partial charge in [0.15, 0.2) is 7.28 Å². The number of hydrogen-bond acceptors (Lipinski definition) is 1. The van der Waals surface area contributed by atoms with Crippen molar-refractivity contribution in [3.8, 4) is 0 Å². The molecular formula is C57H70BN. The maximum Gasteiger partial charge on any atom is 0.156 e. The predicted molar refractivity (Wildman–Crippen MR) is 260 cm³/mol. The quantitative estimate of drug-likeness (QED) is 0.0742. The van der Waals surface area contributed by atoms with Crippen LogP contribution < -0.4 is 4.90 Å². The average Bonchev–Trinajstić information content (AvgIpc) is 3.59. The van der Waals surface area contributed by atoms with Crippen LogP contribution in [0.5, 0.6) is 0 Å². The number of unbranched alkanes of at least 4 members (excludes halogenated alkanes) is 2. The van der Waals surface area contributed by atoms with Gasteiger partial charge < -0.3 is 4.90 Å². The van der Waals surface area contributed by atoms with Crippen molar-refractivity contribution in [1.82, 2.24) is 0 Å². The minimum Gasteiger partial charge on any atom is -0.317 e. The van der Waals surface area contributed by atoms with E-state index < -0.39 is 0 Å². The molecule has 1 aromatic carbocycles. The Morgan fingerprint density at radius 1 is 0.915 bits per heavy atom. The van der Waals surface area contributed by atoms with Gasteiger partial charge in [0.05, 0.1) is 0 Å². The minimum atomic E-state index is 0.294. The second-order valence-corrected chi connectivity index (χ2v) is 18.5. The molecule has 1 nitrogen and oxygen atoms in total. The smallest absolute Gasteiger partial charge is 0.156 e. The maximum absolute atomic E-state index is 3.83. The zero-order chi connectivity index (χ0) is 41.5. The zero-order valence-electron chi connectivity index (χ0n) is 37.4. The highest BCUT2D eigenvalue weighted by Gasteiger charge is 2.38. The average molecular weight is 780 g/mol. The molecule has 0 fully saturated rings. The van der Waals surface area contributed by atoms with Crippen LogP contribution in [0.3, 0.4) is 0 Å². The van der Waals surface area contributed by atoms with E-state index in [0.717, 1.165) is 31.0 Å². The molecule has 6 aliphatic rings. The van der Waals surface area contributed by atoms with Gasteiger partial charge in [0.2, 0.25) is 0 Å². The highest BCUT2D eigenvalue weighted by Crippen LogP contribution is 2.48. The van der Waals surface area contributed by atoms with Crippen molar-refractivity contribution in [2.24, 2.45) is 35.5 Å². The van der Waals surface area contributed by atoms with Crippen molar-refractivity contribution in [3.63, 3.8) is 0 Å². The molecule has 2 heteroatoms. The van der Waals surface area contributed by atoms with E-state index in [0.29, 0.717) is 29.6 Å². The molecule has 0 saturated carbocycles. The van der Waals surface area contributed by atoms with Gasteiger partial charge >= 0.3 is 0 Å². The lowest BCUT2D eigenvalue weighted by Crippen LogP contribution is -2.33. The molecule has 4 unspecified atom stereocenters. The molecular weight excluding hydrogens is 709 g/mol. The lowest BCUT2D eigenvalue weighted by molar-refractivity contribution is 0.466. The first kappa shape index (κ1) is 42.6. The topological polar surface area (TPSA) is 3.24 Å². The standard InChI is InChI=1S/C57H70BN/c1-9-11-13-18-40(4)45-25-29-49(30-26-45)59(50-31-27-46(28-32-50)48-37-39(3)36-47(38-48)41(5)19-14-12-10-2)56-35-33-51(53-21-15-16-22-54(53)56)42(6)24-34-55-44(8)52-23-17-20-43(7)57(52)58-55/h10,12,14-19,21-23,25,27-29,31-33,35,37-39,42-43,52-54,57-58H,2,9,11,13,20,24,26,30,34,36H2,1,3-8H3/b14-12-,40-18+,41-19+/t39?,42-,43?,52+,53?,54-,57?/m1/s1. The molecule has 0 N–H and O–H groups in total. The third-order valence-corrected chi connectivity index (χ3v) is 14.4. The first-order chi connectivity index (χ1) is 28.7. The Bertz CT molecular complexity index is 2140. The molecule has 0 aromatic heterocycles. The van der Waals surface area contributed by atoms with Crippen LogP contribution in [0.4, 0.5) is 5.69 Å². The Labute approximate surface area is 359 Å². The van der Waals surface area contributed by atoms with Gasteiger partial charge in [-0.2, -0.15) is 0 Å². The molecule has 7 atom stereocenters. The van der Waals surface area contributed by atoms with Crippen molar-refractivity contribution in [2.75, 3.05) is 4.90 Å². The molecule has 0 spiro atoms. The summed E-state index contributed by atoms with van der Waals surface area (Å²) in [6.45, 7) is 20.4. The molecule has 1 heterocycles. The van der Waals surface area contributed by atoms with Crippen molar-refractivity contribution in [3.05, 3.63) is 190 Å². The number of anilines is 1. The van der Waals surface area contributed by atoms with E-state index in [1.807, 2.05) is 12.2 Å². The van der Waals surface area contributed by atoms with Crippen molar-refractivity contribution in [1.29, 1.82) is 0 Å². The number of nitrogens with zero attached hydrogens (tertiary/aromatic N) is 1. The fourth-order valence-electron chi connectivity index (χ4n) is 10.7. The molecule has 59 heavy (non-hydrogen) atoms. The van der Waals surface area contributed by atoms with E-state index in [1.54, 1.807) is 16.6 Å². The van der Waals surface area contributed by atoms with Gasteiger partial charge in [0.1, 0.15) is 0 Å². The van der Waals surface area contributed by atoms with Crippen LogP contribution in [-0.2, 0) is 0 Å². The van der Waals surface area contributed by atoms with E-state index in [1.165, 1.54) is 96.3 Å². The van der Waals surface area contributed by atoms with Crippen LogP contribution in [0.1, 0.15) is 112 Å². The Morgan fingerprint density at radius 3 is 2.44 bits per heavy atom. The normalized spacial score (nSPS) is 27.2. The first-order valence-electron chi connectivity index (χ1n) is 23.1. The third-order valence-electron chi connectivity index (χ3n) is 14.4. The van der Waals surface area contributed by atoms with Crippen LogP contribution in [-0.4, -0.2) is 7.28 Å². The molecule has 7 rings (SSSR count). The first-order valence-corrected chi connectivity index (χ1v) is 23.1. The van der Waals surface area contributed by atoms with Gasteiger partial charge in [-0.15, -0.1) is 5.47 Å². The summed E-state index contributed by atoms with van der Waals surface area (Å²) in [5, 5.41) is 0. The zero-order valence-corrected chi connectivity index (χ0v) is 37.4. The summed E-state index contributed by atoms with van der Waals surface area (Å²) in [6.07, 6.45) is 50.3. The lowest BCUT2D eigenvalue weighted by Gasteiger charge is -2.41. The van der Waals surface area contributed by atoms with Gasteiger partial charge in [0, 0.05) is 28.9 Å². The second kappa shape index (κ2) is 19.7. The molecule has 0 radical (unpaired) electrons. The molecule has 1 aliphatic heterocycles. The molecule has 0 saturated heterocycles. The molecule has 306 valence electrons. The van der Waals surface area contributed by atoms with Crippen molar-refractivity contribution >= 4 is 18.5 Å². The molecule has 5 aliphatic carbocycles. The third kappa shape index (κ3) is 9.75. The summed E-state index contributed by atoms with van der Waals surface area (Å²) in [4.78, 5) is 2.62. The van der Waals surface area contributed by atoms with Gasteiger partial charge in [-0.3, -0.25) is 0 Å². The lowest BCUT2D eigenvalue weighted by atomic mass is 9.54. The number of hydrogen-bond donors (Lipinski definition) is 0. The van der Waals surface area contributed by atoms with Crippen LogP contribution in [0.2, 0.25) is 5.82 Å². The minimum absolute atomic E-state index is 0.294. The van der Waals surface area contributed by atoms with Crippen LogP contribution >= 0.6 is 0 Å². The molecule has 0 amide bonds. The van der Waals surface area contributed by atoms with E-state index in [4.69, 9.17) is 0 Å². The Morgan fingerprint density at radius 2 is 1.71 bits per heavy atom. The highest BCUT2D eigenvalue weighted by molar-refractivity contribution is 6.49. The number of fused-ring (bicyclic) bond motifs is 2. The van der Waals surface area contributed by atoms with E-state index in [-0.39, 0.29) is 0 Å². The summed E-state index contributed by atoms with van der Waals surface area (Å²) < 4.78 is 0. The number of allylic oxidation sites excluding steroid dienone is 26. The SMILES string of the molecule is C=C/C=C\C=C(/C)C1=CC(c2ccc(N(C3=CC=C(/C(C)=C/CCCC)CC3)C3=CC=C([C@H](C)CCC4=C(C)[C@@H]5C=CCC(C)C5B4)C4C=CC=C[C@@H]34)cc2)=CC(C)C1. The summed E-state index contributed by atoms with van der Waals surface area (Å²) in [5.41, 5.74) is 17.3. The van der Waals surface area contributed by atoms with Crippen LogP contribution in [0.25, 0.3) is 5.57 Å². The van der Waals surface area contributed by atoms with Crippen molar-refractivity contribution < 1.29 is 0 Å². The Hall–Kier alpha value is -4.56. The Balaban J connectivity index is 1.20. The number of rotatable bonds is 15. The van der Waals surface area contributed by atoms with Crippen molar-refractivity contribution in [2.45, 2.75) is 112 Å². The van der Waals surface area contributed by atoms with E-state index >= 15 is 0 Å². The largest absolute Gasteiger partial charge is 0.317 e. The molecule has 0 bridgehead atoms. The number of benzene rings is 1. The summed E-state index contributed by atoms with van der Waals surface area (Å²) in [6, 6.07) is 9.46. The van der Waals surface area contributed by atoms with Crippen LogP contribution in [0.15, 0.2) is 184 Å². The van der Waals surface area contributed by atoms with Gasteiger partial charge in [-0.25, -0.2) is 0 Å². The predicted octanol–water partition coefficient (Wildman–Crippen LogP) is 15.6.